The van der Waals surface area contributed by atoms with Gasteiger partial charge in [-0.05, 0) is 24.3 Å². The van der Waals surface area contributed by atoms with Crippen LogP contribution in [0.25, 0.3) is 11.3 Å². The number of carbonyl (C=O) groups is 1. The third-order valence-corrected chi connectivity index (χ3v) is 3.73. The first-order valence-electron chi connectivity index (χ1n) is 7.29. The number of hydrogen-bond acceptors (Lipinski definition) is 3. The molecule has 0 atom stereocenters. The first kappa shape index (κ1) is 14.8. The predicted octanol–water partition coefficient (Wildman–Crippen LogP) is 2.95. The summed E-state index contributed by atoms with van der Waals surface area (Å²) < 4.78 is 1.70. The van der Waals surface area contributed by atoms with Gasteiger partial charge in [0, 0.05) is 37.0 Å². The molecule has 0 spiro atoms. The van der Waals surface area contributed by atoms with Gasteiger partial charge >= 0.3 is 0 Å². The zero-order valence-electron chi connectivity index (χ0n) is 13.1. The van der Waals surface area contributed by atoms with E-state index in [9.17, 15) is 4.79 Å². The molecule has 0 saturated heterocycles. The van der Waals surface area contributed by atoms with E-state index in [0.717, 1.165) is 17.1 Å². The molecule has 0 aliphatic heterocycles. The molecule has 1 aromatic heterocycles. The van der Waals surface area contributed by atoms with Crippen molar-refractivity contribution < 1.29 is 4.79 Å². The highest BCUT2D eigenvalue weighted by molar-refractivity contribution is 6.05. The lowest BCUT2D eigenvalue weighted by molar-refractivity contribution is 0.0991. The lowest BCUT2D eigenvalue weighted by atomic mass is 10.1. The average Bonchev–Trinajstić information content (AvgIpc) is 2.96. The summed E-state index contributed by atoms with van der Waals surface area (Å²) in [5, 5.41) is 4.49. The number of aryl methyl sites for hydroxylation is 1. The molecule has 116 valence electrons. The number of nitrogens with zero attached hydrogens (tertiary/aromatic N) is 3. The minimum atomic E-state index is -0.0718. The average molecular weight is 306 g/mol. The standard InChI is InChI=1S/C18H18N4O/c1-21(18(23)14-6-4-3-5-7-14)17-12-16(20-22(17)2)13-8-10-15(19)11-9-13/h3-12H,19H2,1-2H3. The van der Waals surface area contributed by atoms with Crippen molar-refractivity contribution in [2.45, 2.75) is 0 Å². The van der Waals surface area contributed by atoms with Crippen LogP contribution >= 0.6 is 0 Å². The minimum Gasteiger partial charge on any atom is -0.399 e. The van der Waals surface area contributed by atoms with Gasteiger partial charge in [-0.2, -0.15) is 5.10 Å². The summed E-state index contributed by atoms with van der Waals surface area (Å²) >= 11 is 0. The number of hydrogen-bond donors (Lipinski definition) is 1. The second-order valence-corrected chi connectivity index (χ2v) is 5.36. The van der Waals surface area contributed by atoms with E-state index in [0.29, 0.717) is 11.3 Å². The van der Waals surface area contributed by atoms with Crippen LogP contribution in [-0.2, 0) is 7.05 Å². The van der Waals surface area contributed by atoms with Crippen LogP contribution in [0.15, 0.2) is 60.7 Å². The van der Waals surface area contributed by atoms with Crippen molar-refractivity contribution in [1.29, 1.82) is 0 Å². The maximum atomic E-state index is 12.6. The summed E-state index contributed by atoms with van der Waals surface area (Å²) in [5.74, 6) is 0.656. The summed E-state index contributed by atoms with van der Waals surface area (Å²) in [4.78, 5) is 14.2. The molecule has 0 unspecified atom stereocenters. The Labute approximate surface area is 135 Å². The van der Waals surface area contributed by atoms with Crippen LogP contribution in [0.4, 0.5) is 11.5 Å². The van der Waals surface area contributed by atoms with Crippen molar-refractivity contribution in [3.8, 4) is 11.3 Å². The zero-order chi connectivity index (χ0) is 16.4. The highest BCUT2D eigenvalue weighted by Crippen LogP contribution is 2.24. The van der Waals surface area contributed by atoms with Gasteiger partial charge in [0.15, 0.2) is 0 Å². The first-order chi connectivity index (χ1) is 11.1. The molecule has 3 aromatic rings. The summed E-state index contributed by atoms with van der Waals surface area (Å²) in [6.07, 6.45) is 0. The van der Waals surface area contributed by atoms with Crippen molar-refractivity contribution in [1.82, 2.24) is 9.78 Å². The van der Waals surface area contributed by atoms with Gasteiger partial charge in [-0.25, -0.2) is 0 Å². The molecule has 1 amide bonds. The maximum Gasteiger partial charge on any atom is 0.259 e. The fourth-order valence-electron chi connectivity index (χ4n) is 2.44. The monoisotopic (exact) mass is 306 g/mol. The molecule has 3 rings (SSSR count). The molecule has 0 bridgehead atoms. The topological polar surface area (TPSA) is 64.2 Å². The molecular formula is C18H18N4O. The number of carbonyl (C=O) groups excluding carboxylic acids is 1. The van der Waals surface area contributed by atoms with E-state index in [1.807, 2.05) is 55.6 Å². The molecule has 5 nitrogen and oxygen atoms in total. The molecule has 2 N–H and O–H groups in total. The smallest absolute Gasteiger partial charge is 0.259 e. The summed E-state index contributed by atoms with van der Waals surface area (Å²) in [6.45, 7) is 0. The molecule has 0 saturated carbocycles. The number of aromatic nitrogens is 2. The minimum absolute atomic E-state index is 0.0718. The fraction of sp³-hybridized carbons (Fsp3) is 0.111. The number of anilines is 2. The van der Waals surface area contributed by atoms with Gasteiger partial charge in [-0.3, -0.25) is 14.4 Å². The van der Waals surface area contributed by atoms with E-state index in [-0.39, 0.29) is 5.91 Å². The molecule has 1 heterocycles. The highest BCUT2D eigenvalue weighted by Gasteiger charge is 2.17. The van der Waals surface area contributed by atoms with Crippen LogP contribution in [0.3, 0.4) is 0 Å². The number of amides is 1. The van der Waals surface area contributed by atoms with E-state index >= 15 is 0 Å². The Morgan fingerprint density at radius 1 is 1.09 bits per heavy atom. The largest absolute Gasteiger partial charge is 0.399 e. The second-order valence-electron chi connectivity index (χ2n) is 5.36. The molecule has 5 heteroatoms. The molecule has 2 aromatic carbocycles. The molecule has 23 heavy (non-hydrogen) atoms. The Morgan fingerprint density at radius 3 is 2.39 bits per heavy atom. The van der Waals surface area contributed by atoms with Crippen LogP contribution < -0.4 is 10.6 Å². The summed E-state index contributed by atoms with van der Waals surface area (Å²) in [7, 11) is 3.57. The lowest BCUT2D eigenvalue weighted by Crippen LogP contribution is -2.28. The zero-order valence-corrected chi connectivity index (χ0v) is 13.1. The Hall–Kier alpha value is -3.08. The second kappa shape index (κ2) is 5.96. The van der Waals surface area contributed by atoms with E-state index in [1.54, 1.807) is 28.8 Å². The summed E-state index contributed by atoms with van der Waals surface area (Å²) in [6, 6.07) is 18.6. The quantitative estimate of drug-likeness (QED) is 0.757. The normalized spacial score (nSPS) is 10.5. The fourth-order valence-corrected chi connectivity index (χ4v) is 2.44. The van der Waals surface area contributed by atoms with Crippen molar-refractivity contribution >= 4 is 17.4 Å². The first-order valence-corrected chi connectivity index (χ1v) is 7.29. The molecule has 0 aliphatic carbocycles. The van der Waals surface area contributed by atoms with Crippen molar-refractivity contribution in [2.24, 2.45) is 7.05 Å². The van der Waals surface area contributed by atoms with Crippen molar-refractivity contribution in [3.63, 3.8) is 0 Å². The number of nitrogens with two attached hydrogens (primary N) is 1. The predicted molar refractivity (Wildman–Crippen MR) is 92.2 cm³/mol. The van der Waals surface area contributed by atoms with Crippen LogP contribution in [0.5, 0.6) is 0 Å². The third-order valence-electron chi connectivity index (χ3n) is 3.73. The van der Waals surface area contributed by atoms with Crippen LogP contribution in [0.2, 0.25) is 0 Å². The van der Waals surface area contributed by atoms with Crippen LogP contribution in [0, 0.1) is 0 Å². The van der Waals surface area contributed by atoms with E-state index in [2.05, 4.69) is 5.10 Å². The van der Waals surface area contributed by atoms with E-state index < -0.39 is 0 Å². The third kappa shape index (κ3) is 2.94. The van der Waals surface area contributed by atoms with Gasteiger partial charge in [0.25, 0.3) is 5.91 Å². The Kier molecular flexibility index (Phi) is 3.85. The van der Waals surface area contributed by atoms with Crippen molar-refractivity contribution in [2.75, 3.05) is 17.7 Å². The maximum absolute atomic E-state index is 12.6. The van der Waals surface area contributed by atoms with Gasteiger partial charge in [0.05, 0.1) is 5.69 Å². The molecule has 0 radical (unpaired) electrons. The number of nitrogen functional groups attached to an aromatic ring is 1. The van der Waals surface area contributed by atoms with E-state index in [4.69, 9.17) is 5.73 Å². The Morgan fingerprint density at radius 2 is 1.74 bits per heavy atom. The molecular weight excluding hydrogens is 288 g/mol. The van der Waals surface area contributed by atoms with Crippen LogP contribution in [-0.4, -0.2) is 22.7 Å². The highest BCUT2D eigenvalue weighted by atomic mass is 16.2. The van der Waals surface area contributed by atoms with Crippen LogP contribution in [0.1, 0.15) is 10.4 Å². The molecule has 0 aliphatic rings. The SMILES string of the molecule is CN(C(=O)c1ccccc1)c1cc(-c2ccc(N)cc2)nn1C. The van der Waals surface area contributed by atoms with Gasteiger partial charge in [-0.1, -0.05) is 30.3 Å². The van der Waals surface area contributed by atoms with Gasteiger partial charge in [-0.15, -0.1) is 0 Å². The summed E-state index contributed by atoms with van der Waals surface area (Å²) in [5.41, 5.74) is 8.83. The van der Waals surface area contributed by atoms with Gasteiger partial charge in [0.1, 0.15) is 5.82 Å². The van der Waals surface area contributed by atoms with Gasteiger partial charge < -0.3 is 5.73 Å². The van der Waals surface area contributed by atoms with Gasteiger partial charge in [0.2, 0.25) is 0 Å². The Bertz CT molecular complexity index is 822. The van der Waals surface area contributed by atoms with Crippen molar-refractivity contribution in [3.05, 3.63) is 66.2 Å². The Balaban J connectivity index is 1.91. The number of rotatable bonds is 3. The number of benzene rings is 2. The lowest BCUT2D eigenvalue weighted by Gasteiger charge is -2.16. The molecule has 0 fully saturated rings. The van der Waals surface area contributed by atoms with E-state index in [1.165, 1.54) is 0 Å².